The molecule has 2 nitrogen and oxygen atoms in total. The van der Waals surface area contributed by atoms with E-state index in [9.17, 15) is 0 Å². The molecule has 15 heavy (non-hydrogen) atoms. The zero-order valence-corrected chi connectivity index (χ0v) is 10.1. The van der Waals surface area contributed by atoms with Crippen molar-refractivity contribution in [3.05, 3.63) is 28.8 Å². The predicted molar refractivity (Wildman–Crippen MR) is 64.4 cm³/mol. The Balaban J connectivity index is 2.93. The monoisotopic (exact) mass is 207 g/mol. The lowest BCUT2D eigenvalue weighted by Crippen LogP contribution is -2.26. The van der Waals surface area contributed by atoms with Crippen LogP contribution in [-0.4, -0.2) is 12.6 Å². The van der Waals surface area contributed by atoms with Crippen molar-refractivity contribution in [2.45, 2.75) is 40.2 Å². The molecule has 1 rings (SSSR count). The summed E-state index contributed by atoms with van der Waals surface area (Å²) in [6.45, 7) is 8.95. The summed E-state index contributed by atoms with van der Waals surface area (Å²) in [5.41, 5.74) is 9.36. The van der Waals surface area contributed by atoms with Gasteiger partial charge in [-0.1, -0.05) is 13.0 Å². The third-order valence-electron chi connectivity index (χ3n) is 2.78. The van der Waals surface area contributed by atoms with E-state index in [2.05, 4.69) is 39.8 Å². The van der Waals surface area contributed by atoms with Gasteiger partial charge in [-0.15, -0.1) is 0 Å². The zero-order chi connectivity index (χ0) is 11.4. The van der Waals surface area contributed by atoms with E-state index in [0.29, 0.717) is 6.54 Å². The fourth-order valence-corrected chi connectivity index (χ4v) is 1.60. The van der Waals surface area contributed by atoms with Gasteiger partial charge in [0.25, 0.3) is 0 Å². The van der Waals surface area contributed by atoms with Crippen molar-refractivity contribution in [1.82, 2.24) is 0 Å². The first kappa shape index (κ1) is 12.1. The highest BCUT2D eigenvalue weighted by atomic mass is 16.5. The molecule has 0 heterocycles. The minimum atomic E-state index is 0.130. The first-order valence-corrected chi connectivity index (χ1v) is 5.53. The molecule has 0 aliphatic rings. The highest BCUT2D eigenvalue weighted by molar-refractivity contribution is 5.42. The van der Waals surface area contributed by atoms with Gasteiger partial charge in [0.15, 0.2) is 0 Å². The zero-order valence-electron chi connectivity index (χ0n) is 10.1. The van der Waals surface area contributed by atoms with Crippen molar-refractivity contribution in [3.8, 4) is 5.75 Å². The van der Waals surface area contributed by atoms with Gasteiger partial charge in [0.05, 0.1) is 0 Å². The van der Waals surface area contributed by atoms with Crippen LogP contribution in [0.1, 0.15) is 30.0 Å². The minimum absolute atomic E-state index is 0.130. The summed E-state index contributed by atoms with van der Waals surface area (Å²) in [5.74, 6) is 0.977. The predicted octanol–water partition coefficient (Wildman–Crippen LogP) is 2.73. The number of ether oxygens (including phenoxy) is 1. The largest absolute Gasteiger partial charge is 0.489 e. The molecule has 0 bridgehead atoms. The number of hydrogen-bond donors (Lipinski definition) is 1. The van der Waals surface area contributed by atoms with Crippen LogP contribution in [0, 0.1) is 20.8 Å². The fraction of sp³-hybridized carbons (Fsp3) is 0.538. The van der Waals surface area contributed by atoms with Crippen LogP contribution in [0.5, 0.6) is 5.75 Å². The maximum absolute atomic E-state index is 5.88. The fourth-order valence-electron chi connectivity index (χ4n) is 1.60. The van der Waals surface area contributed by atoms with Crippen molar-refractivity contribution in [1.29, 1.82) is 0 Å². The lowest BCUT2D eigenvalue weighted by atomic mass is 10.1. The van der Waals surface area contributed by atoms with Crippen molar-refractivity contribution >= 4 is 0 Å². The van der Waals surface area contributed by atoms with Crippen LogP contribution in [0.15, 0.2) is 12.1 Å². The Bertz CT molecular complexity index is 330. The quantitative estimate of drug-likeness (QED) is 0.824. The van der Waals surface area contributed by atoms with E-state index in [-0.39, 0.29) is 6.10 Å². The smallest absolute Gasteiger partial charge is 0.123 e. The summed E-state index contributed by atoms with van der Waals surface area (Å²) in [4.78, 5) is 0. The molecular weight excluding hydrogens is 186 g/mol. The number of aryl methyl sites for hydroxylation is 2. The topological polar surface area (TPSA) is 35.2 Å². The molecule has 0 saturated heterocycles. The van der Waals surface area contributed by atoms with E-state index in [1.165, 1.54) is 16.7 Å². The molecular formula is C13H21NO. The normalized spacial score (nSPS) is 12.6. The molecule has 1 aromatic rings. The van der Waals surface area contributed by atoms with Crippen LogP contribution in [0.3, 0.4) is 0 Å². The minimum Gasteiger partial charge on any atom is -0.489 e. The second kappa shape index (κ2) is 5.17. The van der Waals surface area contributed by atoms with Gasteiger partial charge in [0.1, 0.15) is 11.9 Å². The average Bonchev–Trinajstić information content (AvgIpc) is 2.21. The summed E-state index contributed by atoms with van der Waals surface area (Å²) in [5, 5.41) is 0. The van der Waals surface area contributed by atoms with Gasteiger partial charge in [-0.25, -0.2) is 0 Å². The van der Waals surface area contributed by atoms with E-state index in [0.717, 1.165) is 12.2 Å². The molecule has 0 fully saturated rings. The highest BCUT2D eigenvalue weighted by Gasteiger charge is 2.09. The van der Waals surface area contributed by atoms with E-state index >= 15 is 0 Å². The molecule has 2 heteroatoms. The summed E-state index contributed by atoms with van der Waals surface area (Å²) < 4.78 is 5.88. The molecule has 1 unspecified atom stereocenters. The Hall–Kier alpha value is -1.02. The van der Waals surface area contributed by atoms with E-state index in [4.69, 9.17) is 10.5 Å². The Labute approximate surface area is 92.4 Å². The maximum atomic E-state index is 5.88. The second-order valence-electron chi connectivity index (χ2n) is 4.09. The Morgan fingerprint density at radius 1 is 1.27 bits per heavy atom. The number of rotatable bonds is 4. The second-order valence-corrected chi connectivity index (χ2v) is 4.09. The van der Waals surface area contributed by atoms with Crippen LogP contribution in [-0.2, 0) is 0 Å². The first-order valence-electron chi connectivity index (χ1n) is 5.53. The van der Waals surface area contributed by atoms with Crippen molar-refractivity contribution < 1.29 is 4.74 Å². The van der Waals surface area contributed by atoms with Gasteiger partial charge in [-0.2, -0.15) is 0 Å². The number of hydrogen-bond acceptors (Lipinski definition) is 2. The molecule has 0 aromatic heterocycles. The third-order valence-corrected chi connectivity index (χ3v) is 2.78. The van der Waals surface area contributed by atoms with Gasteiger partial charge in [0.2, 0.25) is 0 Å². The Morgan fingerprint density at radius 3 is 2.47 bits per heavy atom. The number of nitrogens with two attached hydrogens (primary N) is 1. The molecule has 1 atom stereocenters. The van der Waals surface area contributed by atoms with Crippen molar-refractivity contribution in [2.75, 3.05) is 6.54 Å². The summed E-state index contributed by atoms with van der Waals surface area (Å²) in [6.07, 6.45) is 1.08. The summed E-state index contributed by atoms with van der Waals surface area (Å²) in [7, 11) is 0. The van der Waals surface area contributed by atoms with Gasteiger partial charge in [-0.3, -0.25) is 0 Å². The van der Waals surface area contributed by atoms with Gasteiger partial charge >= 0.3 is 0 Å². The number of benzene rings is 1. The molecule has 0 spiro atoms. The third kappa shape index (κ3) is 2.96. The maximum Gasteiger partial charge on any atom is 0.123 e. The summed E-state index contributed by atoms with van der Waals surface area (Å²) >= 11 is 0. The Kier molecular flexibility index (Phi) is 4.15. The van der Waals surface area contributed by atoms with Gasteiger partial charge in [0, 0.05) is 6.54 Å². The molecule has 0 radical (unpaired) electrons. The van der Waals surface area contributed by atoms with Crippen LogP contribution >= 0.6 is 0 Å². The first-order chi connectivity index (χ1) is 7.08. The van der Waals surface area contributed by atoms with Gasteiger partial charge < -0.3 is 10.5 Å². The molecule has 0 aliphatic heterocycles. The molecule has 0 amide bonds. The van der Waals surface area contributed by atoms with E-state index in [1.807, 2.05) is 0 Å². The van der Waals surface area contributed by atoms with Crippen LogP contribution in [0.2, 0.25) is 0 Å². The lowest BCUT2D eigenvalue weighted by Gasteiger charge is -2.18. The molecule has 84 valence electrons. The Morgan fingerprint density at radius 2 is 1.93 bits per heavy atom. The molecule has 1 aromatic carbocycles. The van der Waals surface area contributed by atoms with Gasteiger partial charge in [-0.05, 0) is 49.9 Å². The van der Waals surface area contributed by atoms with E-state index < -0.39 is 0 Å². The van der Waals surface area contributed by atoms with Crippen molar-refractivity contribution in [2.24, 2.45) is 5.73 Å². The average molecular weight is 207 g/mol. The van der Waals surface area contributed by atoms with Crippen molar-refractivity contribution in [3.63, 3.8) is 0 Å². The van der Waals surface area contributed by atoms with Crippen LogP contribution in [0.4, 0.5) is 0 Å². The van der Waals surface area contributed by atoms with Crippen LogP contribution in [0.25, 0.3) is 0 Å². The summed E-state index contributed by atoms with van der Waals surface area (Å²) in [6, 6.07) is 4.26. The lowest BCUT2D eigenvalue weighted by molar-refractivity contribution is 0.203. The van der Waals surface area contributed by atoms with E-state index in [1.54, 1.807) is 0 Å². The molecule has 0 saturated carbocycles. The standard InChI is InChI=1S/C13H21NO/c1-5-12(8-14)15-13-7-9(2)6-10(3)11(13)4/h6-7,12H,5,8,14H2,1-4H3. The molecule has 0 aliphatic carbocycles. The molecule has 2 N–H and O–H groups in total. The SMILES string of the molecule is CCC(CN)Oc1cc(C)cc(C)c1C. The van der Waals surface area contributed by atoms with Crippen LogP contribution < -0.4 is 10.5 Å². The highest BCUT2D eigenvalue weighted by Crippen LogP contribution is 2.24.